The molecule has 1 aliphatic heterocycles. The highest BCUT2D eigenvalue weighted by Crippen LogP contribution is 2.26. The Kier molecular flexibility index (Phi) is 4.47. The number of halogens is 1. The zero-order valence-corrected chi connectivity index (χ0v) is 13.1. The van der Waals surface area contributed by atoms with E-state index in [-0.39, 0.29) is 5.91 Å². The van der Waals surface area contributed by atoms with Crippen molar-refractivity contribution in [1.82, 2.24) is 9.80 Å². The minimum absolute atomic E-state index is 0.0864. The van der Waals surface area contributed by atoms with Crippen LogP contribution in [0.2, 0.25) is 0 Å². The van der Waals surface area contributed by atoms with Crippen molar-refractivity contribution < 1.29 is 9.53 Å². The lowest BCUT2D eigenvalue weighted by Crippen LogP contribution is -2.52. The topological polar surface area (TPSA) is 32.8 Å². The minimum atomic E-state index is 0.0864. The van der Waals surface area contributed by atoms with Crippen molar-refractivity contribution in [3.05, 3.63) is 28.2 Å². The summed E-state index contributed by atoms with van der Waals surface area (Å²) >= 11 is 3.42. The summed E-state index contributed by atoms with van der Waals surface area (Å²) in [7, 11) is 3.71. The molecule has 1 aromatic rings. The van der Waals surface area contributed by atoms with Crippen LogP contribution in [-0.4, -0.2) is 55.5 Å². The predicted molar refractivity (Wildman–Crippen MR) is 78.7 cm³/mol. The largest absolute Gasteiger partial charge is 0.496 e. The molecule has 1 aromatic carbocycles. The Labute approximate surface area is 122 Å². The number of hydrogen-bond acceptors (Lipinski definition) is 3. The van der Waals surface area contributed by atoms with E-state index in [0.29, 0.717) is 11.6 Å². The van der Waals surface area contributed by atoms with E-state index in [1.807, 2.05) is 23.1 Å². The summed E-state index contributed by atoms with van der Waals surface area (Å²) < 4.78 is 5.99. The average molecular weight is 327 g/mol. The molecule has 1 saturated heterocycles. The van der Waals surface area contributed by atoms with Crippen LogP contribution in [0.5, 0.6) is 5.75 Å². The molecule has 1 heterocycles. The summed E-state index contributed by atoms with van der Waals surface area (Å²) in [5, 5.41) is 0. The summed E-state index contributed by atoms with van der Waals surface area (Å²) in [6, 6.07) is 5.86. The molecule has 0 aromatic heterocycles. The molecule has 1 aliphatic rings. The lowest BCUT2D eigenvalue weighted by atomic mass is 10.1. The van der Waals surface area contributed by atoms with Crippen LogP contribution in [-0.2, 0) is 0 Å². The van der Waals surface area contributed by atoms with Gasteiger partial charge in [-0.25, -0.2) is 0 Å². The third-order valence-electron chi connectivity index (χ3n) is 3.65. The van der Waals surface area contributed by atoms with Gasteiger partial charge in [0.2, 0.25) is 0 Å². The second-order valence-corrected chi connectivity index (χ2v) is 5.78. The number of piperazine rings is 1. The van der Waals surface area contributed by atoms with E-state index >= 15 is 0 Å². The number of ether oxygens (including phenoxy) is 1. The molecule has 4 nitrogen and oxygen atoms in total. The fourth-order valence-corrected chi connectivity index (χ4v) is 2.76. The number of benzene rings is 1. The van der Waals surface area contributed by atoms with E-state index < -0.39 is 0 Å². The number of likely N-dealkylation sites (N-methyl/N-ethyl adjacent to an activating group) is 1. The zero-order valence-electron chi connectivity index (χ0n) is 11.5. The van der Waals surface area contributed by atoms with Crippen molar-refractivity contribution in [2.75, 3.05) is 33.8 Å². The molecular formula is C14H19BrN2O2. The predicted octanol–water partition coefficient (Wildman–Crippen LogP) is 2.23. The Balaban J connectivity index is 2.13. The number of rotatable bonds is 2. The van der Waals surface area contributed by atoms with E-state index in [1.54, 1.807) is 7.11 Å². The van der Waals surface area contributed by atoms with Crippen LogP contribution in [0.15, 0.2) is 22.7 Å². The SMILES string of the molecule is COc1ccc(C(=O)N2CCN(C)C(C)C2)cc1Br. The van der Waals surface area contributed by atoms with Gasteiger partial charge in [0, 0.05) is 31.2 Å². The molecular weight excluding hydrogens is 308 g/mol. The van der Waals surface area contributed by atoms with Gasteiger partial charge in [0.15, 0.2) is 0 Å². The fraction of sp³-hybridized carbons (Fsp3) is 0.500. The Morgan fingerprint density at radius 1 is 1.42 bits per heavy atom. The van der Waals surface area contributed by atoms with Gasteiger partial charge < -0.3 is 14.5 Å². The first-order valence-electron chi connectivity index (χ1n) is 6.36. The highest BCUT2D eigenvalue weighted by Gasteiger charge is 2.25. The van der Waals surface area contributed by atoms with Gasteiger partial charge >= 0.3 is 0 Å². The van der Waals surface area contributed by atoms with Crippen molar-refractivity contribution >= 4 is 21.8 Å². The summed E-state index contributed by atoms with van der Waals surface area (Å²) in [5.74, 6) is 0.826. The summed E-state index contributed by atoms with van der Waals surface area (Å²) in [4.78, 5) is 16.6. The quantitative estimate of drug-likeness (QED) is 0.835. The Morgan fingerprint density at radius 3 is 2.74 bits per heavy atom. The van der Waals surface area contributed by atoms with Crippen LogP contribution in [0.3, 0.4) is 0 Å². The number of hydrogen-bond donors (Lipinski definition) is 0. The van der Waals surface area contributed by atoms with Crippen LogP contribution in [0.25, 0.3) is 0 Å². The second-order valence-electron chi connectivity index (χ2n) is 4.93. The van der Waals surface area contributed by atoms with Gasteiger partial charge in [-0.3, -0.25) is 4.79 Å². The maximum absolute atomic E-state index is 12.4. The Bertz CT molecular complexity index is 479. The van der Waals surface area contributed by atoms with Gasteiger partial charge in [0.1, 0.15) is 5.75 Å². The maximum Gasteiger partial charge on any atom is 0.253 e. The molecule has 0 N–H and O–H groups in total. The van der Waals surface area contributed by atoms with E-state index in [9.17, 15) is 4.79 Å². The number of carbonyl (C=O) groups excluding carboxylic acids is 1. The molecule has 19 heavy (non-hydrogen) atoms. The fourth-order valence-electron chi connectivity index (χ4n) is 2.21. The third-order valence-corrected chi connectivity index (χ3v) is 4.27. The van der Waals surface area contributed by atoms with Crippen LogP contribution in [0.1, 0.15) is 17.3 Å². The number of carbonyl (C=O) groups is 1. The lowest BCUT2D eigenvalue weighted by molar-refractivity contribution is 0.0572. The first kappa shape index (κ1) is 14.3. The third kappa shape index (κ3) is 3.09. The first-order valence-corrected chi connectivity index (χ1v) is 7.15. The minimum Gasteiger partial charge on any atom is -0.496 e. The lowest BCUT2D eigenvalue weighted by Gasteiger charge is -2.37. The van der Waals surface area contributed by atoms with Gasteiger partial charge in [-0.2, -0.15) is 0 Å². The molecule has 0 spiro atoms. The second kappa shape index (κ2) is 5.92. The molecule has 104 valence electrons. The number of methoxy groups -OCH3 is 1. The van der Waals surface area contributed by atoms with Crippen LogP contribution >= 0.6 is 15.9 Å². The monoisotopic (exact) mass is 326 g/mol. The van der Waals surface area contributed by atoms with E-state index in [2.05, 4.69) is 34.8 Å². The molecule has 0 saturated carbocycles. The Hall–Kier alpha value is -1.07. The normalized spacial score (nSPS) is 20.4. The molecule has 0 bridgehead atoms. The maximum atomic E-state index is 12.4. The van der Waals surface area contributed by atoms with Gasteiger partial charge in [0.05, 0.1) is 11.6 Å². The van der Waals surface area contributed by atoms with E-state index in [0.717, 1.165) is 29.9 Å². The first-order chi connectivity index (χ1) is 9.02. The van der Waals surface area contributed by atoms with Crippen molar-refractivity contribution in [2.45, 2.75) is 13.0 Å². The molecule has 1 unspecified atom stereocenters. The van der Waals surface area contributed by atoms with Crippen molar-refractivity contribution in [1.29, 1.82) is 0 Å². The summed E-state index contributed by atoms with van der Waals surface area (Å²) in [6.45, 7) is 4.62. The van der Waals surface area contributed by atoms with Crippen molar-refractivity contribution in [3.8, 4) is 5.75 Å². The molecule has 1 atom stereocenters. The number of nitrogens with zero attached hydrogens (tertiary/aromatic N) is 2. The van der Waals surface area contributed by atoms with Crippen molar-refractivity contribution in [2.24, 2.45) is 0 Å². The van der Waals surface area contributed by atoms with Gasteiger partial charge in [0.25, 0.3) is 5.91 Å². The van der Waals surface area contributed by atoms with Gasteiger partial charge in [-0.1, -0.05) is 0 Å². The zero-order chi connectivity index (χ0) is 14.0. The average Bonchev–Trinajstić information content (AvgIpc) is 2.41. The molecule has 2 rings (SSSR count). The summed E-state index contributed by atoms with van der Waals surface area (Å²) in [6.07, 6.45) is 0. The molecule has 0 radical (unpaired) electrons. The standard InChI is InChI=1S/C14H19BrN2O2/c1-10-9-17(7-6-16(10)2)14(18)11-4-5-13(19-3)12(15)8-11/h4-5,8,10H,6-7,9H2,1-3H3. The summed E-state index contributed by atoms with van der Waals surface area (Å²) in [5.41, 5.74) is 0.699. The number of amides is 1. The van der Waals surface area contributed by atoms with E-state index in [4.69, 9.17) is 4.74 Å². The van der Waals surface area contributed by atoms with Crippen LogP contribution < -0.4 is 4.74 Å². The van der Waals surface area contributed by atoms with Crippen molar-refractivity contribution in [3.63, 3.8) is 0 Å². The highest BCUT2D eigenvalue weighted by atomic mass is 79.9. The van der Waals surface area contributed by atoms with Crippen LogP contribution in [0, 0.1) is 0 Å². The molecule has 0 aliphatic carbocycles. The smallest absolute Gasteiger partial charge is 0.253 e. The van der Waals surface area contributed by atoms with Gasteiger partial charge in [-0.05, 0) is 48.1 Å². The van der Waals surface area contributed by atoms with Gasteiger partial charge in [-0.15, -0.1) is 0 Å². The molecule has 1 fully saturated rings. The van der Waals surface area contributed by atoms with Crippen LogP contribution in [0.4, 0.5) is 0 Å². The molecule has 1 amide bonds. The van der Waals surface area contributed by atoms with E-state index in [1.165, 1.54) is 0 Å². The Morgan fingerprint density at radius 2 is 2.16 bits per heavy atom. The molecule has 5 heteroatoms. The highest BCUT2D eigenvalue weighted by molar-refractivity contribution is 9.10.